The normalized spacial score (nSPS) is 12.6. The molecule has 0 fully saturated rings. The zero-order chi connectivity index (χ0) is 16.6. The van der Waals surface area contributed by atoms with Crippen LogP contribution >= 0.6 is 0 Å². The van der Waals surface area contributed by atoms with Gasteiger partial charge in [-0.2, -0.15) is 4.72 Å². The van der Waals surface area contributed by atoms with Gasteiger partial charge in [-0.05, 0) is 25.0 Å². The second-order valence-corrected chi connectivity index (χ2v) is 6.43. The summed E-state index contributed by atoms with van der Waals surface area (Å²) < 4.78 is 26.3. The highest BCUT2D eigenvalue weighted by molar-refractivity contribution is 7.89. The number of benzene rings is 1. The van der Waals surface area contributed by atoms with Gasteiger partial charge in [-0.3, -0.25) is 9.59 Å². The molecule has 1 unspecified atom stereocenters. The Hall–Kier alpha value is -1.93. The lowest BCUT2D eigenvalue weighted by Gasteiger charge is -2.14. The quantitative estimate of drug-likeness (QED) is 0.618. The minimum atomic E-state index is -3.93. The smallest absolute Gasteiger partial charge is 0.321 e. The number of carboxylic acids is 1. The zero-order valence-corrected chi connectivity index (χ0v) is 13.1. The fourth-order valence-corrected chi connectivity index (χ4v) is 2.96. The van der Waals surface area contributed by atoms with E-state index in [0.717, 1.165) is 6.42 Å². The molecule has 0 aliphatic rings. The first kappa shape index (κ1) is 18.1. The van der Waals surface area contributed by atoms with Gasteiger partial charge in [0, 0.05) is 13.0 Å². The number of carbonyl (C=O) groups is 2. The average Bonchev–Trinajstić information content (AvgIpc) is 2.49. The molecule has 22 heavy (non-hydrogen) atoms. The molecule has 8 heteroatoms. The molecule has 7 nitrogen and oxygen atoms in total. The van der Waals surface area contributed by atoms with Crippen molar-refractivity contribution in [3.63, 3.8) is 0 Å². The van der Waals surface area contributed by atoms with Crippen LogP contribution < -0.4 is 10.0 Å². The van der Waals surface area contributed by atoms with E-state index in [0.29, 0.717) is 6.54 Å². The van der Waals surface area contributed by atoms with Crippen molar-refractivity contribution in [2.75, 3.05) is 6.54 Å². The predicted octanol–water partition coefficient (Wildman–Crippen LogP) is 0.724. The molecule has 3 N–H and O–H groups in total. The fraction of sp³-hybridized carbons (Fsp3) is 0.429. The largest absolute Gasteiger partial charge is 0.480 e. The average molecular weight is 328 g/mol. The molecule has 0 aromatic heterocycles. The SMILES string of the molecule is CCCNC(=O)CCC(NS(=O)(=O)c1ccccc1)C(=O)O. The van der Waals surface area contributed by atoms with Gasteiger partial charge in [0.05, 0.1) is 4.90 Å². The summed E-state index contributed by atoms with van der Waals surface area (Å²) in [7, 11) is -3.93. The molecule has 0 heterocycles. The van der Waals surface area contributed by atoms with Gasteiger partial charge in [0.2, 0.25) is 15.9 Å². The second kappa shape index (κ2) is 8.50. The van der Waals surface area contributed by atoms with E-state index in [-0.39, 0.29) is 23.6 Å². The van der Waals surface area contributed by atoms with Crippen LogP contribution in [-0.4, -0.2) is 38.0 Å². The van der Waals surface area contributed by atoms with Crippen LogP contribution in [-0.2, 0) is 19.6 Å². The highest BCUT2D eigenvalue weighted by Gasteiger charge is 2.25. The number of carbonyl (C=O) groups excluding carboxylic acids is 1. The second-order valence-electron chi connectivity index (χ2n) is 4.71. The molecule has 1 rings (SSSR count). The Morgan fingerprint density at radius 1 is 1.23 bits per heavy atom. The summed E-state index contributed by atoms with van der Waals surface area (Å²) >= 11 is 0. The van der Waals surface area contributed by atoms with E-state index in [4.69, 9.17) is 5.11 Å². The molecule has 0 radical (unpaired) electrons. The summed E-state index contributed by atoms with van der Waals surface area (Å²) in [5, 5.41) is 11.7. The van der Waals surface area contributed by atoms with E-state index in [1.54, 1.807) is 18.2 Å². The molecule has 0 saturated heterocycles. The van der Waals surface area contributed by atoms with E-state index >= 15 is 0 Å². The number of hydrogen-bond donors (Lipinski definition) is 3. The summed E-state index contributed by atoms with van der Waals surface area (Å²) in [6, 6.07) is 6.14. The molecular weight excluding hydrogens is 308 g/mol. The molecular formula is C14H20N2O5S. The summed E-state index contributed by atoms with van der Waals surface area (Å²) in [4.78, 5) is 22.6. The minimum Gasteiger partial charge on any atom is -0.480 e. The number of hydrogen-bond acceptors (Lipinski definition) is 4. The third kappa shape index (κ3) is 5.82. The van der Waals surface area contributed by atoms with E-state index in [1.165, 1.54) is 12.1 Å². The Balaban J connectivity index is 2.69. The maximum atomic E-state index is 12.1. The van der Waals surface area contributed by atoms with E-state index in [1.807, 2.05) is 6.92 Å². The highest BCUT2D eigenvalue weighted by Crippen LogP contribution is 2.10. The van der Waals surface area contributed by atoms with Crippen LogP contribution in [0.5, 0.6) is 0 Å². The Labute approximate surface area is 129 Å². The number of amides is 1. The topological polar surface area (TPSA) is 113 Å². The lowest BCUT2D eigenvalue weighted by Crippen LogP contribution is -2.41. The van der Waals surface area contributed by atoms with Crippen LogP contribution in [0.15, 0.2) is 35.2 Å². The molecule has 0 bridgehead atoms. The number of sulfonamides is 1. The summed E-state index contributed by atoms with van der Waals surface area (Å²) in [6.07, 6.45) is 0.597. The molecule has 0 aliphatic heterocycles. The Morgan fingerprint density at radius 2 is 1.86 bits per heavy atom. The Kier molecular flexibility index (Phi) is 7.00. The maximum absolute atomic E-state index is 12.1. The van der Waals surface area contributed by atoms with Crippen LogP contribution in [0.4, 0.5) is 0 Å². The molecule has 1 aromatic rings. The van der Waals surface area contributed by atoms with Gasteiger partial charge in [0.15, 0.2) is 0 Å². The first-order valence-corrected chi connectivity index (χ1v) is 8.42. The van der Waals surface area contributed by atoms with Gasteiger partial charge in [0.25, 0.3) is 0 Å². The maximum Gasteiger partial charge on any atom is 0.321 e. The van der Waals surface area contributed by atoms with Crippen molar-refractivity contribution in [3.8, 4) is 0 Å². The third-order valence-electron chi connectivity index (χ3n) is 2.88. The van der Waals surface area contributed by atoms with Crippen molar-refractivity contribution in [2.24, 2.45) is 0 Å². The lowest BCUT2D eigenvalue weighted by atomic mass is 10.1. The van der Waals surface area contributed by atoms with Crippen molar-refractivity contribution in [3.05, 3.63) is 30.3 Å². The predicted molar refractivity (Wildman–Crippen MR) is 80.7 cm³/mol. The standard InChI is InChI=1S/C14H20N2O5S/c1-2-10-15-13(17)9-8-12(14(18)19)16-22(20,21)11-6-4-3-5-7-11/h3-7,12,16H,2,8-10H2,1H3,(H,15,17)(H,18,19). The van der Waals surface area contributed by atoms with Crippen molar-refractivity contribution in [1.29, 1.82) is 0 Å². The number of rotatable bonds is 9. The summed E-state index contributed by atoms with van der Waals surface area (Å²) in [5.74, 6) is -1.62. The van der Waals surface area contributed by atoms with Gasteiger partial charge in [0.1, 0.15) is 6.04 Å². The lowest BCUT2D eigenvalue weighted by molar-refractivity contribution is -0.139. The molecule has 0 saturated carbocycles. The first-order chi connectivity index (χ1) is 10.4. The van der Waals surface area contributed by atoms with Gasteiger partial charge >= 0.3 is 5.97 Å². The highest BCUT2D eigenvalue weighted by atomic mass is 32.2. The molecule has 1 amide bonds. The van der Waals surface area contributed by atoms with Crippen LogP contribution in [0.25, 0.3) is 0 Å². The Bertz CT molecular complexity index is 601. The van der Waals surface area contributed by atoms with Crippen molar-refractivity contribution >= 4 is 21.9 Å². The number of aliphatic carboxylic acids is 1. The van der Waals surface area contributed by atoms with Gasteiger partial charge < -0.3 is 10.4 Å². The molecule has 1 atom stereocenters. The van der Waals surface area contributed by atoms with Crippen LogP contribution in [0.1, 0.15) is 26.2 Å². The summed E-state index contributed by atoms with van der Waals surface area (Å²) in [5.41, 5.74) is 0. The van der Waals surface area contributed by atoms with Crippen LogP contribution in [0.3, 0.4) is 0 Å². The van der Waals surface area contributed by atoms with Crippen molar-refractivity contribution < 1.29 is 23.1 Å². The van der Waals surface area contributed by atoms with Crippen molar-refractivity contribution in [2.45, 2.75) is 37.1 Å². The van der Waals surface area contributed by atoms with E-state index in [9.17, 15) is 18.0 Å². The molecule has 1 aromatic carbocycles. The number of nitrogens with one attached hydrogen (secondary N) is 2. The van der Waals surface area contributed by atoms with Gasteiger partial charge in [-0.25, -0.2) is 8.42 Å². The zero-order valence-electron chi connectivity index (χ0n) is 12.3. The number of carboxylic acid groups (broad SMARTS) is 1. The fourth-order valence-electron chi connectivity index (χ4n) is 1.72. The first-order valence-electron chi connectivity index (χ1n) is 6.93. The van der Waals surface area contributed by atoms with E-state index in [2.05, 4.69) is 10.0 Å². The van der Waals surface area contributed by atoms with Crippen molar-refractivity contribution in [1.82, 2.24) is 10.0 Å². The minimum absolute atomic E-state index is 0.0170. The Morgan fingerprint density at radius 3 is 2.41 bits per heavy atom. The van der Waals surface area contributed by atoms with E-state index < -0.39 is 22.0 Å². The third-order valence-corrected chi connectivity index (χ3v) is 4.37. The van der Waals surface area contributed by atoms with Crippen LogP contribution in [0.2, 0.25) is 0 Å². The molecule has 122 valence electrons. The molecule has 0 aliphatic carbocycles. The van der Waals surface area contributed by atoms with Gasteiger partial charge in [-0.1, -0.05) is 25.1 Å². The monoisotopic (exact) mass is 328 g/mol. The molecule has 0 spiro atoms. The van der Waals surface area contributed by atoms with Gasteiger partial charge in [-0.15, -0.1) is 0 Å². The van der Waals surface area contributed by atoms with Crippen LogP contribution in [0, 0.1) is 0 Å². The summed E-state index contributed by atoms with van der Waals surface area (Å²) in [6.45, 7) is 2.40.